The van der Waals surface area contributed by atoms with Gasteiger partial charge in [0.25, 0.3) is 0 Å². The van der Waals surface area contributed by atoms with Crippen LogP contribution in [0.2, 0.25) is 0 Å². The standard InChI is InChI=1S/C14H17NOS2/c1-10(2)11-3-5-12(6-4-11)16-8-14-15-7-13(9-17)18-14/h3-7,10,17H,8-9H2,1-2H3. The molecule has 0 unspecified atom stereocenters. The summed E-state index contributed by atoms with van der Waals surface area (Å²) in [6.45, 7) is 4.90. The molecule has 0 aliphatic heterocycles. The number of aromatic nitrogens is 1. The van der Waals surface area contributed by atoms with Gasteiger partial charge in [0, 0.05) is 16.8 Å². The smallest absolute Gasteiger partial charge is 0.140 e. The minimum Gasteiger partial charge on any atom is -0.486 e. The largest absolute Gasteiger partial charge is 0.486 e. The molecule has 0 atom stereocenters. The van der Waals surface area contributed by atoms with Crippen LogP contribution in [0.1, 0.15) is 35.2 Å². The van der Waals surface area contributed by atoms with E-state index >= 15 is 0 Å². The zero-order valence-corrected chi connectivity index (χ0v) is 12.3. The van der Waals surface area contributed by atoms with Crippen LogP contribution in [-0.2, 0) is 12.4 Å². The fraction of sp³-hybridized carbons (Fsp3) is 0.357. The first-order chi connectivity index (χ1) is 8.69. The zero-order chi connectivity index (χ0) is 13.0. The molecule has 2 aromatic rings. The van der Waals surface area contributed by atoms with Crippen LogP contribution < -0.4 is 4.74 Å². The topological polar surface area (TPSA) is 22.1 Å². The van der Waals surface area contributed by atoms with Gasteiger partial charge in [-0.05, 0) is 23.6 Å². The van der Waals surface area contributed by atoms with E-state index in [1.165, 1.54) is 10.4 Å². The van der Waals surface area contributed by atoms with E-state index in [4.69, 9.17) is 4.74 Å². The Morgan fingerprint density at radius 2 is 2.00 bits per heavy atom. The molecule has 1 heterocycles. The van der Waals surface area contributed by atoms with E-state index < -0.39 is 0 Å². The van der Waals surface area contributed by atoms with Gasteiger partial charge in [0.2, 0.25) is 0 Å². The van der Waals surface area contributed by atoms with E-state index in [0.29, 0.717) is 12.5 Å². The normalized spacial score (nSPS) is 10.9. The highest BCUT2D eigenvalue weighted by molar-refractivity contribution is 7.79. The third-order valence-corrected chi connectivity index (χ3v) is 4.19. The lowest BCUT2D eigenvalue weighted by molar-refractivity contribution is 0.305. The van der Waals surface area contributed by atoms with Gasteiger partial charge < -0.3 is 4.74 Å². The van der Waals surface area contributed by atoms with Crippen LogP contribution in [0.3, 0.4) is 0 Å². The molecular formula is C14H17NOS2. The molecule has 0 N–H and O–H groups in total. The number of ether oxygens (including phenoxy) is 1. The summed E-state index contributed by atoms with van der Waals surface area (Å²) in [7, 11) is 0. The highest BCUT2D eigenvalue weighted by Gasteiger charge is 2.03. The second-order valence-corrected chi connectivity index (χ2v) is 5.91. The Balaban J connectivity index is 1.93. The predicted octanol–water partition coefficient (Wildman–Crippen LogP) is 4.28. The number of nitrogens with zero attached hydrogens (tertiary/aromatic N) is 1. The van der Waals surface area contributed by atoms with Crippen LogP contribution in [0.15, 0.2) is 30.5 Å². The van der Waals surface area contributed by atoms with Gasteiger partial charge in [0.1, 0.15) is 17.4 Å². The lowest BCUT2D eigenvalue weighted by Crippen LogP contribution is -1.95. The van der Waals surface area contributed by atoms with E-state index in [1.54, 1.807) is 11.3 Å². The van der Waals surface area contributed by atoms with Crippen molar-refractivity contribution in [2.75, 3.05) is 0 Å². The van der Waals surface area contributed by atoms with Crippen molar-refractivity contribution < 1.29 is 4.74 Å². The lowest BCUT2D eigenvalue weighted by Gasteiger charge is -2.07. The SMILES string of the molecule is CC(C)c1ccc(OCc2ncc(CS)s2)cc1. The average molecular weight is 279 g/mol. The maximum atomic E-state index is 5.71. The van der Waals surface area contributed by atoms with Crippen molar-refractivity contribution in [2.45, 2.75) is 32.1 Å². The molecule has 1 aromatic heterocycles. The number of benzene rings is 1. The van der Waals surface area contributed by atoms with Crippen LogP contribution in [0.4, 0.5) is 0 Å². The van der Waals surface area contributed by atoms with Crippen LogP contribution in [0, 0.1) is 0 Å². The molecule has 0 saturated carbocycles. The average Bonchev–Trinajstić information content (AvgIpc) is 2.85. The molecule has 2 nitrogen and oxygen atoms in total. The molecule has 0 bridgehead atoms. The molecule has 0 aliphatic rings. The van der Waals surface area contributed by atoms with Gasteiger partial charge in [-0.2, -0.15) is 12.6 Å². The van der Waals surface area contributed by atoms with Crippen LogP contribution in [-0.4, -0.2) is 4.98 Å². The Labute approximate surface area is 117 Å². The second kappa shape index (κ2) is 6.25. The summed E-state index contributed by atoms with van der Waals surface area (Å²) in [5.74, 6) is 2.18. The lowest BCUT2D eigenvalue weighted by atomic mass is 10.0. The molecule has 0 spiro atoms. The molecule has 0 fully saturated rings. The summed E-state index contributed by atoms with van der Waals surface area (Å²) in [5, 5.41) is 0.993. The van der Waals surface area contributed by atoms with E-state index in [9.17, 15) is 0 Å². The number of thiol groups is 1. The quantitative estimate of drug-likeness (QED) is 0.825. The summed E-state index contributed by atoms with van der Waals surface area (Å²) in [6, 6.07) is 8.26. The van der Waals surface area contributed by atoms with Crippen molar-refractivity contribution in [3.8, 4) is 5.75 Å². The Hall–Kier alpha value is -1.00. The van der Waals surface area contributed by atoms with Crippen molar-refractivity contribution >= 4 is 24.0 Å². The highest BCUT2D eigenvalue weighted by atomic mass is 32.1. The summed E-state index contributed by atoms with van der Waals surface area (Å²) in [5.41, 5.74) is 1.33. The van der Waals surface area contributed by atoms with Crippen molar-refractivity contribution in [3.05, 3.63) is 45.9 Å². The maximum Gasteiger partial charge on any atom is 0.140 e. The number of thiazole rings is 1. The molecule has 2 rings (SSSR count). The summed E-state index contributed by atoms with van der Waals surface area (Å²) < 4.78 is 5.71. The maximum absolute atomic E-state index is 5.71. The van der Waals surface area contributed by atoms with Gasteiger partial charge in [0.05, 0.1) is 0 Å². The fourth-order valence-electron chi connectivity index (χ4n) is 1.58. The summed E-state index contributed by atoms with van der Waals surface area (Å²) in [4.78, 5) is 5.47. The van der Waals surface area contributed by atoms with Gasteiger partial charge in [0.15, 0.2) is 0 Å². The van der Waals surface area contributed by atoms with E-state index in [1.807, 2.05) is 18.3 Å². The molecule has 0 radical (unpaired) electrons. The monoisotopic (exact) mass is 279 g/mol. The Morgan fingerprint density at radius 1 is 1.28 bits per heavy atom. The molecule has 1 aromatic carbocycles. The van der Waals surface area contributed by atoms with Crippen LogP contribution in [0.25, 0.3) is 0 Å². The Morgan fingerprint density at radius 3 is 2.56 bits per heavy atom. The third kappa shape index (κ3) is 3.50. The van der Waals surface area contributed by atoms with E-state index in [-0.39, 0.29) is 0 Å². The van der Waals surface area contributed by atoms with E-state index in [0.717, 1.165) is 16.5 Å². The fourth-order valence-corrected chi connectivity index (χ4v) is 2.55. The highest BCUT2D eigenvalue weighted by Crippen LogP contribution is 2.21. The molecule has 0 amide bonds. The summed E-state index contributed by atoms with van der Waals surface area (Å²) >= 11 is 5.87. The first kappa shape index (κ1) is 13.4. The number of hydrogen-bond donors (Lipinski definition) is 1. The van der Waals surface area contributed by atoms with Gasteiger partial charge in [-0.3, -0.25) is 0 Å². The van der Waals surface area contributed by atoms with Gasteiger partial charge in [-0.15, -0.1) is 11.3 Å². The minimum atomic E-state index is 0.527. The van der Waals surface area contributed by atoms with E-state index in [2.05, 4.69) is 43.6 Å². The summed E-state index contributed by atoms with van der Waals surface area (Å²) in [6.07, 6.45) is 1.86. The zero-order valence-electron chi connectivity index (χ0n) is 10.6. The second-order valence-electron chi connectivity index (χ2n) is 4.39. The molecule has 0 aliphatic carbocycles. The molecule has 96 valence electrons. The molecule has 0 saturated heterocycles. The predicted molar refractivity (Wildman–Crippen MR) is 79.7 cm³/mol. The first-order valence-electron chi connectivity index (χ1n) is 5.96. The number of rotatable bonds is 5. The van der Waals surface area contributed by atoms with Crippen molar-refractivity contribution in [2.24, 2.45) is 0 Å². The Kier molecular flexibility index (Phi) is 4.66. The van der Waals surface area contributed by atoms with Gasteiger partial charge in [-0.1, -0.05) is 26.0 Å². The van der Waals surface area contributed by atoms with Crippen LogP contribution in [0.5, 0.6) is 5.75 Å². The van der Waals surface area contributed by atoms with Crippen molar-refractivity contribution in [1.29, 1.82) is 0 Å². The molecular weight excluding hydrogens is 262 g/mol. The number of hydrogen-bond acceptors (Lipinski definition) is 4. The first-order valence-corrected chi connectivity index (χ1v) is 7.41. The Bertz CT molecular complexity index is 491. The minimum absolute atomic E-state index is 0.527. The van der Waals surface area contributed by atoms with Crippen LogP contribution >= 0.6 is 24.0 Å². The molecule has 4 heteroatoms. The van der Waals surface area contributed by atoms with Gasteiger partial charge in [-0.25, -0.2) is 4.98 Å². The third-order valence-electron chi connectivity index (χ3n) is 2.67. The van der Waals surface area contributed by atoms with Gasteiger partial charge >= 0.3 is 0 Å². The van der Waals surface area contributed by atoms with Crippen molar-refractivity contribution in [1.82, 2.24) is 4.98 Å². The molecule has 18 heavy (non-hydrogen) atoms. The van der Waals surface area contributed by atoms with Crippen molar-refractivity contribution in [3.63, 3.8) is 0 Å².